The van der Waals surface area contributed by atoms with Crippen molar-refractivity contribution in [2.45, 2.75) is 82.5 Å². The van der Waals surface area contributed by atoms with Crippen molar-refractivity contribution in [2.75, 3.05) is 13.1 Å². The first-order valence-corrected chi connectivity index (χ1v) is 13.9. The van der Waals surface area contributed by atoms with Crippen LogP contribution in [0.3, 0.4) is 0 Å². The largest absolute Gasteiger partial charge is 0.416 e. The van der Waals surface area contributed by atoms with E-state index in [1.165, 1.54) is 26.0 Å². The molecule has 230 valence electrons. The lowest BCUT2D eigenvalue weighted by Crippen LogP contribution is -2.49. The summed E-state index contributed by atoms with van der Waals surface area (Å²) in [4.78, 5) is 26.5. The number of benzene rings is 2. The number of piperidine rings is 1. The van der Waals surface area contributed by atoms with Crippen LogP contribution in [0.5, 0.6) is 0 Å². The number of amides is 2. The first-order chi connectivity index (χ1) is 19.6. The number of nitrogens with zero attached hydrogens (tertiary/aromatic N) is 1. The molecule has 2 aromatic rings. The van der Waals surface area contributed by atoms with Gasteiger partial charge in [0.05, 0.1) is 23.3 Å². The number of nitrogens with one attached hydrogen (secondary N) is 1. The number of ether oxygens (including phenoxy) is 1. The summed E-state index contributed by atoms with van der Waals surface area (Å²) in [5.74, 6) is -1.38. The van der Waals surface area contributed by atoms with Crippen molar-refractivity contribution in [3.8, 4) is 0 Å². The van der Waals surface area contributed by atoms with Gasteiger partial charge >= 0.3 is 12.4 Å². The van der Waals surface area contributed by atoms with Crippen LogP contribution < -0.4 is 5.32 Å². The van der Waals surface area contributed by atoms with Crippen molar-refractivity contribution in [1.29, 1.82) is 0 Å². The van der Waals surface area contributed by atoms with Crippen LogP contribution in [-0.2, 0) is 26.7 Å². The van der Waals surface area contributed by atoms with Gasteiger partial charge in [0.15, 0.2) is 0 Å². The second-order valence-corrected chi connectivity index (χ2v) is 11.1. The number of halogens is 7. The summed E-state index contributed by atoms with van der Waals surface area (Å²) < 4.78 is 100. The van der Waals surface area contributed by atoms with Crippen molar-refractivity contribution in [3.63, 3.8) is 0 Å². The lowest BCUT2D eigenvalue weighted by molar-refractivity contribution is -0.143. The summed E-state index contributed by atoms with van der Waals surface area (Å²) >= 11 is 0. The van der Waals surface area contributed by atoms with E-state index in [-0.39, 0.29) is 54.9 Å². The number of hydrogen-bond donors (Lipinski definition) is 1. The SMILES string of the molecule is CC(=O)N[C@H]1CC[C@H](C(=O)N2CCC(OC(C)c3cc(C(F)(F)F)cc(C(F)(F)F)c3)C(c3ccc(F)cc3)C2)CC1. The van der Waals surface area contributed by atoms with Gasteiger partial charge in [0.25, 0.3) is 0 Å². The summed E-state index contributed by atoms with van der Waals surface area (Å²) in [6.07, 6.45) is -8.92. The van der Waals surface area contributed by atoms with E-state index >= 15 is 0 Å². The van der Waals surface area contributed by atoms with Crippen LogP contribution in [0, 0.1) is 11.7 Å². The van der Waals surface area contributed by atoms with Crippen molar-refractivity contribution in [3.05, 3.63) is 70.5 Å². The Hall–Kier alpha value is -3.15. The molecule has 42 heavy (non-hydrogen) atoms. The van der Waals surface area contributed by atoms with Crippen molar-refractivity contribution < 1.29 is 45.1 Å². The molecule has 1 heterocycles. The molecular formula is C30H33F7N2O3. The standard InChI is InChI=1S/C30H33F7N2O3/c1-17(21-13-22(29(32,33)34)15-23(14-21)30(35,36)37)42-27-11-12-39(16-26(27)19-3-7-24(31)8-4-19)28(41)20-5-9-25(10-6-20)38-18(2)40/h3-4,7-8,13-15,17,20,25-27H,5-6,9-12,16H2,1-2H3,(H,38,40)/t17?,20-,25-,26?,27?. The fourth-order valence-electron chi connectivity index (χ4n) is 5.91. The van der Waals surface area contributed by atoms with Gasteiger partial charge in [-0.15, -0.1) is 0 Å². The zero-order chi connectivity index (χ0) is 30.8. The van der Waals surface area contributed by atoms with E-state index in [9.17, 15) is 40.3 Å². The Morgan fingerprint density at radius 3 is 2.00 bits per heavy atom. The Bertz CT molecular complexity index is 1220. The van der Waals surface area contributed by atoms with Crippen LogP contribution >= 0.6 is 0 Å². The lowest BCUT2D eigenvalue weighted by Gasteiger charge is -2.41. The Kier molecular flexibility index (Phi) is 9.54. The van der Waals surface area contributed by atoms with Crippen LogP contribution in [0.4, 0.5) is 30.7 Å². The highest BCUT2D eigenvalue weighted by molar-refractivity contribution is 5.79. The molecule has 0 aromatic heterocycles. The molecule has 0 bridgehead atoms. The highest BCUT2D eigenvalue weighted by Crippen LogP contribution is 2.40. The smallest absolute Gasteiger partial charge is 0.370 e. The molecule has 3 unspecified atom stereocenters. The number of carbonyl (C=O) groups excluding carboxylic acids is 2. The van der Waals surface area contributed by atoms with Crippen molar-refractivity contribution in [2.24, 2.45) is 5.92 Å². The Morgan fingerprint density at radius 1 is 0.905 bits per heavy atom. The molecule has 4 rings (SSSR count). The second kappa shape index (κ2) is 12.6. The van der Waals surface area contributed by atoms with Gasteiger partial charge < -0.3 is 15.0 Å². The van der Waals surface area contributed by atoms with Gasteiger partial charge in [0.2, 0.25) is 11.8 Å². The third-order valence-electron chi connectivity index (χ3n) is 8.10. The minimum absolute atomic E-state index is 0.0212. The van der Waals surface area contributed by atoms with Gasteiger partial charge in [0.1, 0.15) is 5.82 Å². The van der Waals surface area contributed by atoms with Gasteiger partial charge in [-0.05, 0) is 80.5 Å². The van der Waals surface area contributed by atoms with E-state index in [2.05, 4.69) is 5.32 Å². The summed E-state index contributed by atoms with van der Waals surface area (Å²) in [5, 5.41) is 2.88. The summed E-state index contributed by atoms with van der Waals surface area (Å²) in [5.41, 5.74) is -2.48. The molecule has 1 N–H and O–H groups in total. The lowest BCUT2D eigenvalue weighted by atomic mass is 9.83. The molecule has 2 aromatic carbocycles. The maximum atomic E-state index is 13.7. The van der Waals surface area contributed by atoms with Crippen molar-refractivity contribution >= 4 is 11.8 Å². The zero-order valence-corrected chi connectivity index (χ0v) is 23.2. The quantitative estimate of drug-likeness (QED) is 0.362. The molecule has 1 aliphatic heterocycles. The summed E-state index contributed by atoms with van der Waals surface area (Å²) in [6.45, 7) is 3.32. The molecule has 3 atom stereocenters. The molecule has 2 fully saturated rings. The van der Waals surface area contributed by atoms with Crippen molar-refractivity contribution in [1.82, 2.24) is 10.2 Å². The Labute approximate surface area is 239 Å². The molecule has 0 radical (unpaired) electrons. The molecule has 1 saturated carbocycles. The molecule has 0 spiro atoms. The van der Waals surface area contributed by atoms with Crippen LogP contribution in [0.2, 0.25) is 0 Å². The Balaban J connectivity index is 1.53. The molecule has 2 aliphatic rings. The predicted octanol–water partition coefficient (Wildman–Crippen LogP) is 7.02. The molecule has 1 aliphatic carbocycles. The first-order valence-electron chi connectivity index (χ1n) is 13.9. The van der Waals surface area contributed by atoms with E-state index in [0.717, 1.165) is 0 Å². The fourth-order valence-corrected chi connectivity index (χ4v) is 5.91. The van der Waals surface area contributed by atoms with Gasteiger partial charge in [0, 0.05) is 37.9 Å². The monoisotopic (exact) mass is 602 g/mol. The minimum atomic E-state index is -4.99. The maximum absolute atomic E-state index is 13.7. The number of carbonyl (C=O) groups is 2. The van der Waals surface area contributed by atoms with Crippen LogP contribution in [-0.4, -0.2) is 41.9 Å². The van der Waals surface area contributed by atoms with E-state index in [4.69, 9.17) is 4.74 Å². The molecular weight excluding hydrogens is 569 g/mol. The second-order valence-electron chi connectivity index (χ2n) is 11.1. The number of likely N-dealkylation sites (tertiary alicyclic amines) is 1. The summed E-state index contributed by atoms with van der Waals surface area (Å²) in [6, 6.07) is 6.99. The first kappa shape index (κ1) is 31.8. The van der Waals surface area contributed by atoms with Gasteiger partial charge in [-0.3, -0.25) is 9.59 Å². The van der Waals surface area contributed by atoms with Gasteiger partial charge in [-0.25, -0.2) is 4.39 Å². The topological polar surface area (TPSA) is 58.6 Å². The van der Waals surface area contributed by atoms with Gasteiger partial charge in [-0.2, -0.15) is 26.3 Å². The average molecular weight is 603 g/mol. The predicted molar refractivity (Wildman–Crippen MR) is 140 cm³/mol. The van der Waals surface area contributed by atoms with Crippen LogP contribution in [0.15, 0.2) is 42.5 Å². The third-order valence-corrected chi connectivity index (χ3v) is 8.10. The molecule has 2 amide bonds. The minimum Gasteiger partial charge on any atom is -0.370 e. The molecule has 1 saturated heterocycles. The van der Waals surface area contributed by atoms with E-state index in [1.807, 2.05) is 0 Å². The van der Waals surface area contributed by atoms with E-state index in [0.29, 0.717) is 43.4 Å². The Morgan fingerprint density at radius 2 is 1.48 bits per heavy atom. The van der Waals surface area contributed by atoms with E-state index in [1.54, 1.807) is 17.0 Å². The van der Waals surface area contributed by atoms with Gasteiger partial charge in [-0.1, -0.05) is 12.1 Å². The third kappa shape index (κ3) is 7.81. The highest BCUT2D eigenvalue weighted by Gasteiger charge is 2.40. The van der Waals surface area contributed by atoms with Crippen LogP contribution in [0.25, 0.3) is 0 Å². The number of rotatable bonds is 6. The van der Waals surface area contributed by atoms with E-state index < -0.39 is 47.4 Å². The maximum Gasteiger partial charge on any atom is 0.416 e. The number of hydrogen-bond acceptors (Lipinski definition) is 3. The zero-order valence-electron chi connectivity index (χ0n) is 23.2. The normalized spacial score (nSPS) is 24.3. The van der Waals surface area contributed by atoms with Crippen LogP contribution in [0.1, 0.15) is 80.2 Å². The average Bonchev–Trinajstić information content (AvgIpc) is 2.92. The molecule has 12 heteroatoms. The molecule has 5 nitrogen and oxygen atoms in total. The number of alkyl halides is 6. The highest BCUT2D eigenvalue weighted by atomic mass is 19.4. The summed E-state index contributed by atoms with van der Waals surface area (Å²) in [7, 11) is 0. The fraction of sp³-hybridized carbons (Fsp3) is 0.533.